The Morgan fingerprint density at radius 2 is 2.08 bits per heavy atom. The fourth-order valence-electron chi connectivity index (χ4n) is 0.868. The molecule has 0 aromatic heterocycles. The zero-order valence-corrected chi connectivity index (χ0v) is 7.83. The Hall–Kier alpha value is -0.610. The Labute approximate surface area is 72.7 Å². The molecule has 0 radical (unpaired) electrons. The number of hydrogen-bond donors (Lipinski definition) is 2. The van der Waals surface area contributed by atoms with E-state index >= 15 is 0 Å². The summed E-state index contributed by atoms with van der Waals surface area (Å²) in [7, 11) is 0. The van der Waals surface area contributed by atoms with Gasteiger partial charge in [0, 0.05) is 6.54 Å². The second-order valence-corrected chi connectivity index (χ2v) is 3.69. The second-order valence-electron chi connectivity index (χ2n) is 3.69. The molecule has 0 aromatic carbocycles. The lowest BCUT2D eigenvalue weighted by atomic mass is 10.1. The molecule has 0 saturated carbocycles. The van der Waals surface area contributed by atoms with Crippen molar-refractivity contribution in [1.82, 2.24) is 0 Å². The summed E-state index contributed by atoms with van der Waals surface area (Å²) < 4.78 is 5.39. The molecular weight excluding hydrogens is 158 g/mol. The Kier molecular flexibility index (Phi) is 4.20. The van der Waals surface area contributed by atoms with Crippen molar-refractivity contribution in [3.05, 3.63) is 0 Å². The van der Waals surface area contributed by atoms with E-state index in [2.05, 4.69) is 0 Å². The van der Waals surface area contributed by atoms with Crippen LogP contribution in [-0.4, -0.2) is 29.3 Å². The van der Waals surface area contributed by atoms with E-state index < -0.39 is 5.97 Å². The largest absolute Gasteiger partial charge is 0.481 e. The summed E-state index contributed by atoms with van der Waals surface area (Å²) in [6.07, 6.45) is -0.421. The highest BCUT2D eigenvalue weighted by atomic mass is 16.5. The van der Waals surface area contributed by atoms with Crippen LogP contribution >= 0.6 is 0 Å². The van der Waals surface area contributed by atoms with E-state index in [9.17, 15) is 4.79 Å². The summed E-state index contributed by atoms with van der Waals surface area (Å²) in [5.41, 5.74) is 5.01. The molecule has 4 nitrogen and oxygen atoms in total. The number of hydrogen-bond acceptors (Lipinski definition) is 3. The first-order valence-corrected chi connectivity index (χ1v) is 3.95. The highest BCUT2D eigenvalue weighted by Gasteiger charge is 2.19. The van der Waals surface area contributed by atoms with Crippen LogP contribution in [0.2, 0.25) is 0 Å². The summed E-state index contributed by atoms with van der Waals surface area (Å²) >= 11 is 0. The zero-order chi connectivity index (χ0) is 9.78. The summed E-state index contributed by atoms with van der Waals surface area (Å²) in [5, 5.41) is 8.48. The van der Waals surface area contributed by atoms with Crippen LogP contribution in [0.5, 0.6) is 0 Å². The van der Waals surface area contributed by atoms with Crippen molar-refractivity contribution in [2.45, 2.75) is 38.9 Å². The third-order valence-corrected chi connectivity index (χ3v) is 1.19. The maximum Gasteiger partial charge on any atom is 0.306 e. The Morgan fingerprint density at radius 3 is 2.33 bits per heavy atom. The summed E-state index contributed by atoms with van der Waals surface area (Å²) in [4.78, 5) is 10.3. The van der Waals surface area contributed by atoms with Crippen molar-refractivity contribution in [3.63, 3.8) is 0 Å². The third kappa shape index (κ3) is 6.12. The number of carboxylic acids is 1. The fraction of sp³-hybridized carbons (Fsp3) is 0.875. The number of nitrogens with two attached hydrogens (primary N) is 1. The average molecular weight is 175 g/mol. The summed E-state index contributed by atoms with van der Waals surface area (Å²) in [6.45, 7) is 5.86. The smallest absolute Gasteiger partial charge is 0.306 e. The highest BCUT2D eigenvalue weighted by molar-refractivity contribution is 5.67. The van der Waals surface area contributed by atoms with Gasteiger partial charge in [0.1, 0.15) is 0 Å². The first-order chi connectivity index (χ1) is 5.35. The molecule has 0 amide bonds. The lowest BCUT2D eigenvalue weighted by Crippen LogP contribution is -2.34. The van der Waals surface area contributed by atoms with Crippen LogP contribution in [0.4, 0.5) is 0 Å². The summed E-state index contributed by atoms with van der Waals surface area (Å²) in [6, 6.07) is 0. The van der Waals surface area contributed by atoms with Crippen molar-refractivity contribution in [2.24, 2.45) is 5.73 Å². The highest BCUT2D eigenvalue weighted by Crippen LogP contribution is 2.12. The van der Waals surface area contributed by atoms with Crippen LogP contribution in [0.1, 0.15) is 27.2 Å². The van der Waals surface area contributed by atoms with Gasteiger partial charge < -0.3 is 15.6 Å². The lowest BCUT2D eigenvalue weighted by Gasteiger charge is -2.25. The maximum absolute atomic E-state index is 10.3. The minimum atomic E-state index is -0.880. The molecule has 4 heteroatoms. The minimum Gasteiger partial charge on any atom is -0.481 e. The van der Waals surface area contributed by atoms with Crippen molar-refractivity contribution in [2.75, 3.05) is 6.54 Å². The predicted molar refractivity (Wildman–Crippen MR) is 45.9 cm³/mol. The molecule has 72 valence electrons. The second kappa shape index (κ2) is 4.42. The molecule has 0 heterocycles. The van der Waals surface area contributed by atoms with Gasteiger partial charge in [-0.1, -0.05) is 0 Å². The molecule has 0 aliphatic carbocycles. The number of aliphatic carboxylic acids is 1. The lowest BCUT2D eigenvalue weighted by molar-refractivity contribution is -0.143. The molecule has 0 aromatic rings. The van der Waals surface area contributed by atoms with Crippen LogP contribution in [0.25, 0.3) is 0 Å². The number of carboxylic acid groups (broad SMARTS) is 1. The first-order valence-electron chi connectivity index (χ1n) is 3.95. The van der Waals surface area contributed by atoms with Gasteiger partial charge in [-0.3, -0.25) is 4.79 Å². The standard InChI is InChI=1S/C8H17NO3/c1-8(2,3)12-6(5-9)4-7(10)11/h6H,4-5,9H2,1-3H3,(H,10,11)/t6-/m1/s1. The molecule has 3 N–H and O–H groups in total. The number of carbonyl (C=O) groups is 1. The van der Waals surface area contributed by atoms with Gasteiger partial charge >= 0.3 is 5.97 Å². The van der Waals surface area contributed by atoms with E-state index in [-0.39, 0.29) is 24.7 Å². The van der Waals surface area contributed by atoms with Gasteiger partial charge in [-0.2, -0.15) is 0 Å². The van der Waals surface area contributed by atoms with Gasteiger partial charge in [-0.25, -0.2) is 0 Å². The normalized spacial score (nSPS) is 14.3. The van der Waals surface area contributed by atoms with E-state index in [0.717, 1.165) is 0 Å². The van der Waals surface area contributed by atoms with Crippen molar-refractivity contribution >= 4 is 5.97 Å². The van der Waals surface area contributed by atoms with Crippen LogP contribution in [0.3, 0.4) is 0 Å². The molecule has 0 fully saturated rings. The zero-order valence-electron chi connectivity index (χ0n) is 7.83. The molecular formula is C8H17NO3. The molecule has 0 spiro atoms. The maximum atomic E-state index is 10.3. The fourth-order valence-corrected chi connectivity index (χ4v) is 0.868. The Balaban J connectivity index is 3.92. The molecule has 0 saturated heterocycles. The van der Waals surface area contributed by atoms with E-state index in [0.29, 0.717) is 0 Å². The molecule has 12 heavy (non-hydrogen) atoms. The Morgan fingerprint density at radius 1 is 1.58 bits per heavy atom. The number of rotatable bonds is 4. The first kappa shape index (κ1) is 11.4. The van der Waals surface area contributed by atoms with E-state index in [4.69, 9.17) is 15.6 Å². The third-order valence-electron chi connectivity index (χ3n) is 1.19. The van der Waals surface area contributed by atoms with Gasteiger partial charge in [0.05, 0.1) is 18.1 Å². The predicted octanol–water partition coefficient (Wildman–Crippen LogP) is 0.603. The van der Waals surface area contributed by atoms with Gasteiger partial charge in [-0.05, 0) is 20.8 Å². The van der Waals surface area contributed by atoms with Crippen molar-refractivity contribution in [3.8, 4) is 0 Å². The molecule has 0 aliphatic heterocycles. The topological polar surface area (TPSA) is 72.5 Å². The van der Waals surface area contributed by atoms with Crippen LogP contribution in [0.15, 0.2) is 0 Å². The molecule has 0 aliphatic rings. The Bertz CT molecular complexity index is 151. The molecule has 0 bridgehead atoms. The molecule has 0 rings (SSSR count). The molecule has 0 unspecified atom stereocenters. The van der Waals surface area contributed by atoms with E-state index in [1.165, 1.54) is 0 Å². The van der Waals surface area contributed by atoms with E-state index in [1.54, 1.807) is 0 Å². The van der Waals surface area contributed by atoms with Gasteiger partial charge in [0.15, 0.2) is 0 Å². The quantitative estimate of drug-likeness (QED) is 0.656. The van der Waals surface area contributed by atoms with Gasteiger partial charge in [0.2, 0.25) is 0 Å². The SMILES string of the molecule is CC(C)(C)O[C@@H](CN)CC(=O)O. The average Bonchev–Trinajstić information content (AvgIpc) is 1.82. The van der Waals surface area contributed by atoms with Crippen LogP contribution in [-0.2, 0) is 9.53 Å². The monoisotopic (exact) mass is 175 g/mol. The molecule has 1 atom stereocenters. The summed E-state index contributed by atoms with van der Waals surface area (Å²) in [5.74, 6) is -0.880. The number of ether oxygens (including phenoxy) is 1. The van der Waals surface area contributed by atoms with Crippen molar-refractivity contribution < 1.29 is 14.6 Å². The van der Waals surface area contributed by atoms with Gasteiger partial charge in [0.25, 0.3) is 0 Å². The van der Waals surface area contributed by atoms with Crippen molar-refractivity contribution in [1.29, 1.82) is 0 Å². The van der Waals surface area contributed by atoms with Crippen LogP contribution in [0, 0.1) is 0 Å². The van der Waals surface area contributed by atoms with Crippen LogP contribution < -0.4 is 5.73 Å². The van der Waals surface area contributed by atoms with Gasteiger partial charge in [-0.15, -0.1) is 0 Å². The minimum absolute atomic E-state index is 0.0340. The van der Waals surface area contributed by atoms with E-state index in [1.807, 2.05) is 20.8 Å².